The molecule has 1 atom stereocenters. The van der Waals surface area contributed by atoms with Crippen molar-refractivity contribution in [1.82, 2.24) is 15.3 Å². The number of hydrogen-bond acceptors (Lipinski definition) is 4. The van der Waals surface area contributed by atoms with Crippen molar-refractivity contribution in [2.75, 3.05) is 0 Å². The normalized spacial score (nSPS) is 16.3. The maximum absolute atomic E-state index is 5.17. The van der Waals surface area contributed by atoms with Crippen molar-refractivity contribution in [3.8, 4) is 11.4 Å². The van der Waals surface area contributed by atoms with Crippen LogP contribution in [-0.4, -0.2) is 15.8 Å². The maximum Gasteiger partial charge on any atom is 0.159 e. The van der Waals surface area contributed by atoms with E-state index in [9.17, 15) is 0 Å². The predicted octanol–water partition coefficient (Wildman–Crippen LogP) is 6.23. The first-order valence-electron chi connectivity index (χ1n) is 11.3. The van der Waals surface area contributed by atoms with Gasteiger partial charge in [-0.2, -0.15) is 0 Å². The van der Waals surface area contributed by atoms with Gasteiger partial charge in [-0.1, -0.05) is 97.6 Å². The molecule has 1 aromatic heterocycles. The Kier molecular flexibility index (Phi) is 6.07. The van der Waals surface area contributed by atoms with Crippen LogP contribution in [0.2, 0.25) is 0 Å². The molecule has 2 heterocycles. The van der Waals surface area contributed by atoms with E-state index in [1.54, 1.807) is 0 Å². The van der Waals surface area contributed by atoms with Crippen LogP contribution in [0.25, 0.3) is 17.1 Å². The largest absolute Gasteiger partial charge is 0.340 e. The molecular weight excluding hydrogens is 404 g/mol. The molecule has 0 amide bonds. The molecule has 162 valence electrons. The molecule has 5 rings (SSSR count). The molecule has 0 fully saturated rings. The number of nitrogens with one attached hydrogen (secondary N) is 1. The zero-order valence-electron chi connectivity index (χ0n) is 18.5. The third-order valence-corrected chi connectivity index (χ3v) is 5.90. The fourth-order valence-corrected chi connectivity index (χ4v) is 4.17. The number of aryl methyl sites for hydroxylation is 1. The van der Waals surface area contributed by atoms with E-state index in [2.05, 4.69) is 53.3 Å². The molecule has 1 unspecified atom stereocenters. The molecular formula is C29H26N4. The number of aromatic nitrogens is 2. The summed E-state index contributed by atoms with van der Waals surface area (Å²) >= 11 is 0. The fourth-order valence-electron chi connectivity index (χ4n) is 4.17. The molecule has 0 radical (unpaired) electrons. The van der Waals surface area contributed by atoms with Gasteiger partial charge in [0.25, 0.3) is 0 Å². The maximum atomic E-state index is 5.17. The van der Waals surface area contributed by atoms with Crippen molar-refractivity contribution in [2.24, 2.45) is 4.99 Å². The lowest BCUT2D eigenvalue weighted by atomic mass is 9.98. The number of fused-ring (bicyclic) bond motifs is 1. The van der Waals surface area contributed by atoms with Gasteiger partial charge in [-0.25, -0.2) is 9.97 Å². The standard InChI is InChI=1S/C29H26N4/c1-21-25-20-30-28(23-14-7-3-8-15-23)33-27(25)19-11-18-26(22-12-5-2-6-13-22)32-29(31-21)24-16-9-4-10-17-24/h2-10,12-17,20,26H,1,11,18-19H2,(H,31,32). The number of benzene rings is 3. The Morgan fingerprint density at radius 1 is 0.788 bits per heavy atom. The van der Waals surface area contributed by atoms with Crippen LogP contribution in [0.1, 0.15) is 41.3 Å². The second-order valence-electron chi connectivity index (χ2n) is 8.19. The van der Waals surface area contributed by atoms with Crippen molar-refractivity contribution in [3.05, 3.63) is 126 Å². The average Bonchev–Trinajstić information content (AvgIpc) is 2.89. The summed E-state index contributed by atoms with van der Waals surface area (Å²) in [6.07, 6.45) is 4.63. The van der Waals surface area contributed by atoms with Crippen molar-refractivity contribution in [1.29, 1.82) is 0 Å². The Morgan fingerprint density at radius 3 is 2.12 bits per heavy atom. The van der Waals surface area contributed by atoms with Gasteiger partial charge >= 0.3 is 0 Å². The van der Waals surface area contributed by atoms with E-state index in [4.69, 9.17) is 9.98 Å². The smallest absolute Gasteiger partial charge is 0.159 e. The fraction of sp³-hybridized carbons (Fsp3) is 0.138. The molecule has 3 aromatic carbocycles. The third kappa shape index (κ3) is 4.75. The lowest BCUT2D eigenvalue weighted by molar-refractivity contribution is 0.606. The zero-order chi connectivity index (χ0) is 22.5. The zero-order valence-corrected chi connectivity index (χ0v) is 18.5. The Morgan fingerprint density at radius 2 is 1.42 bits per heavy atom. The number of aliphatic imine (C=N–C) groups is 1. The van der Waals surface area contributed by atoms with E-state index in [0.717, 1.165) is 59.0 Å². The van der Waals surface area contributed by atoms with Crippen LogP contribution in [0.4, 0.5) is 0 Å². The average molecular weight is 431 g/mol. The third-order valence-electron chi connectivity index (χ3n) is 5.90. The minimum absolute atomic E-state index is 0.0543. The van der Waals surface area contributed by atoms with Crippen molar-refractivity contribution in [3.63, 3.8) is 0 Å². The van der Waals surface area contributed by atoms with Gasteiger partial charge < -0.3 is 5.32 Å². The topological polar surface area (TPSA) is 50.2 Å². The Hall–Kier alpha value is -4.05. The van der Waals surface area contributed by atoms with Crippen LogP contribution >= 0.6 is 0 Å². The van der Waals surface area contributed by atoms with E-state index in [0.29, 0.717) is 0 Å². The van der Waals surface area contributed by atoms with Crippen LogP contribution < -0.4 is 5.32 Å². The summed E-state index contributed by atoms with van der Waals surface area (Å²) in [5.74, 6) is 1.56. The summed E-state index contributed by atoms with van der Waals surface area (Å²) in [7, 11) is 0. The SMILES string of the molecule is C=C1NC(c2ccccc2)=NC(c2ccccc2)CCCc2nc(-c3ccccc3)ncc21. The highest BCUT2D eigenvalue weighted by Crippen LogP contribution is 2.28. The van der Waals surface area contributed by atoms with E-state index < -0.39 is 0 Å². The number of rotatable bonds is 3. The van der Waals surface area contributed by atoms with E-state index in [1.807, 2.05) is 60.8 Å². The van der Waals surface area contributed by atoms with E-state index in [-0.39, 0.29) is 6.04 Å². The second kappa shape index (κ2) is 9.61. The highest BCUT2D eigenvalue weighted by Gasteiger charge is 2.19. The van der Waals surface area contributed by atoms with Crippen LogP contribution in [-0.2, 0) is 6.42 Å². The lowest BCUT2D eigenvalue weighted by Crippen LogP contribution is -2.25. The minimum atomic E-state index is 0.0543. The Labute approximate surface area is 194 Å². The molecule has 0 bridgehead atoms. The Balaban J connectivity index is 1.56. The monoisotopic (exact) mass is 430 g/mol. The minimum Gasteiger partial charge on any atom is -0.340 e. The molecule has 4 aromatic rings. The van der Waals surface area contributed by atoms with Gasteiger partial charge in [0.1, 0.15) is 5.84 Å². The molecule has 0 saturated carbocycles. The van der Waals surface area contributed by atoms with Gasteiger partial charge in [-0.05, 0) is 24.8 Å². The molecule has 4 nitrogen and oxygen atoms in total. The Bertz CT molecular complexity index is 1270. The number of nitrogens with zero attached hydrogens (tertiary/aromatic N) is 3. The molecule has 1 N–H and O–H groups in total. The van der Waals surface area contributed by atoms with E-state index >= 15 is 0 Å². The molecule has 1 aliphatic rings. The van der Waals surface area contributed by atoms with E-state index in [1.165, 1.54) is 5.56 Å². The van der Waals surface area contributed by atoms with Gasteiger partial charge in [0.15, 0.2) is 5.82 Å². The summed E-state index contributed by atoms with van der Waals surface area (Å²) in [5, 5.41) is 3.49. The summed E-state index contributed by atoms with van der Waals surface area (Å²) in [6.45, 7) is 4.33. The number of hydrogen-bond donors (Lipinski definition) is 1. The van der Waals surface area contributed by atoms with Crippen LogP contribution in [0.15, 0.2) is 109 Å². The second-order valence-corrected chi connectivity index (χ2v) is 8.19. The summed E-state index contributed by atoms with van der Waals surface area (Å²) in [4.78, 5) is 14.8. The van der Waals surface area contributed by atoms with Crippen molar-refractivity contribution >= 4 is 11.5 Å². The van der Waals surface area contributed by atoms with Crippen LogP contribution in [0, 0.1) is 0 Å². The van der Waals surface area contributed by atoms with Gasteiger partial charge in [-0.3, -0.25) is 4.99 Å². The highest BCUT2D eigenvalue weighted by atomic mass is 15.0. The van der Waals surface area contributed by atoms with Crippen molar-refractivity contribution in [2.45, 2.75) is 25.3 Å². The van der Waals surface area contributed by atoms with Crippen molar-refractivity contribution < 1.29 is 0 Å². The van der Waals surface area contributed by atoms with Gasteiger partial charge in [0, 0.05) is 28.6 Å². The molecule has 33 heavy (non-hydrogen) atoms. The van der Waals surface area contributed by atoms with Crippen LogP contribution in [0.5, 0.6) is 0 Å². The van der Waals surface area contributed by atoms with Gasteiger partial charge in [0.05, 0.1) is 11.7 Å². The molecule has 0 aliphatic carbocycles. The predicted molar refractivity (Wildman–Crippen MR) is 135 cm³/mol. The first-order valence-corrected chi connectivity index (χ1v) is 11.3. The summed E-state index contributed by atoms with van der Waals surface area (Å²) in [5.41, 5.74) is 5.99. The molecule has 4 heteroatoms. The quantitative estimate of drug-likeness (QED) is 0.419. The van der Waals surface area contributed by atoms with Gasteiger partial charge in [-0.15, -0.1) is 0 Å². The molecule has 0 spiro atoms. The van der Waals surface area contributed by atoms with Gasteiger partial charge in [0.2, 0.25) is 0 Å². The van der Waals surface area contributed by atoms with Crippen LogP contribution in [0.3, 0.4) is 0 Å². The highest BCUT2D eigenvalue weighted by molar-refractivity contribution is 6.03. The summed E-state index contributed by atoms with van der Waals surface area (Å²) < 4.78 is 0. The first-order chi connectivity index (χ1) is 16.3. The molecule has 1 aliphatic heterocycles. The lowest BCUT2D eigenvalue weighted by Gasteiger charge is -2.21. The first kappa shape index (κ1) is 20.8. The molecule has 0 saturated heterocycles. The summed E-state index contributed by atoms with van der Waals surface area (Å²) in [6, 6.07) is 30.9. The number of amidine groups is 1.